The molecule has 1 heterocycles. The molecule has 0 spiro atoms. The minimum atomic E-state index is -0.638. The highest BCUT2D eigenvalue weighted by Gasteiger charge is 2.30. The number of para-hydroxylation sites is 2. The number of carboxylic acids is 1. The molecule has 1 aliphatic carbocycles. The van der Waals surface area contributed by atoms with Crippen LogP contribution in [0.2, 0.25) is 0 Å². The molecule has 1 saturated carbocycles. The van der Waals surface area contributed by atoms with E-state index in [0.29, 0.717) is 0 Å². The van der Waals surface area contributed by atoms with Gasteiger partial charge in [0.25, 0.3) is 0 Å². The third kappa shape index (κ3) is 2.80. The fraction of sp³-hybridized carbons (Fsp3) is 0.529. The number of hydrogen-bond donors (Lipinski definition) is 1. The normalized spacial score (nSPS) is 23.1. The van der Waals surface area contributed by atoms with Crippen molar-refractivity contribution >= 4 is 17.0 Å². The molecule has 0 aliphatic heterocycles. The number of imidazole rings is 1. The fourth-order valence-corrected chi connectivity index (χ4v) is 3.57. The maximum absolute atomic E-state index is 11.5. The standard InChI is InChI=1S/C17H22N2O2/c1-19-15-10-6-5-9-14(15)18-16(19)11-12-7-3-2-4-8-13(12)17(20)21/h5-6,9-10,12-13H,2-4,7-8,11H2,1H3,(H,20,21). The highest BCUT2D eigenvalue weighted by atomic mass is 16.4. The Morgan fingerprint density at radius 3 is 2.81 bits per heavy atom. The van der Waals surface area contributed by atoms with Gasteiger partial charge in [0.15, 0.2) is 0 Å². The van der Waals surface area contributed by atoms with Crippen molar-refractivity contribution in [1.29, 1.82) is 0 Å². The molecule has 112 valence electrons. The number of carboxylic acid groups (broad SMARTS) is 1. The van der Waals surface area contributed by atoms with Gasteiger partial charge < -0.3 is 9.67 Å². The maximum Gasteiger partial charge on any atom is 0.306 e. The van der Waals surface area contributed by atoms with Crippen LogP contribution in [0.3, 0.4) is 0 Å². The van der Waals surface area contributed by atoms with Gasteiger partial charge in [0.2, 0.25) is 0 Å². The van der Waals surface area contributed by atoms with Crippen molar-refractivity contribution in [2.75, 3.05) is 0 Å². The van der Waals surface area contributed by atoms with Gasteiger partial charge in [0, 0.05) is 13.5 Å². The van der Waals surface area contributed by atoms with E-state index in [9.17, 15) is 9.90 Å². The molecule has 0 saturated heterocycles. The third-order valence-electron chi connectivity index (χ3n) is 4.80. The first-order valence-corrected chi connectivity index (χ1v) is 7.80. The zero-order chi connectivity index (χ0) is 14.8. The van der Waals surface area contributed by atoms with Crippen molar-refractivity contribution in [3.63, 3.8) is 0 Å². The summed E-state index contributed by atoms with van der Waals surface area (Å²) in [5, 5.41) is 9.49. The van der Waals surface area contributed by atoms with E-state index in [1.807, 2.05) is 25.2 Å². The maximum atomic E-state index is 11.5. The van der Waals surface area contributed by atoms with E-state index in [4.69, 9.17) is 4.98 Å². The molecular weight excluding hydrogens is 264 g/mol. The summed E-state index contributed by atoms with van der Waals surface area (Å²) in [4.78, 5) is 16.2. The van der Waals surface area contributed by atoms with Crippen LogP contribution in [-0.4, -0.2) is 20.6 Å². The first-order chi connectivity index (χ1) is 10.2. The van der Waals surface area contributed by atoms with Crippen molar-refractivity contribution in [2.45, 2.75) is 38.5 Å². The molecule has 2 aromatic rings. The van der Waals surface area contributed by atoms with Crippen molar-refractivity contribution in [3.8, 4) is 0 Å². The Labute approximate surface area is 124 Å². The Morgan fingerprint density at radius 2 is 2.05 bits per heavy atom. The average Bonchev–Trinajstić information content (AvgIpc) is 2.65. The smallest absolute Gasteiger partial charge is 0.306 e. The minimum absolute atomic E-state index is 0.209. The molecule has 3 rings (SSSR count). The molecule has 1 aliphatic rings. The van der Waals surface area contributed by atoms with E-state index in [1.54, 1.807) is 0 Å². The van der Waals surface area contributed by atoms with Crippen LogP contribution in [-0.2, 0) is 18.3 Å². The van der Waals surface area contributed by atoms with Crippen molar-refractivity contribution in [1.82, 2.24) is 9.55 Å². The summed E-state index contributed by atoms with van der Waals surface area (Å²) in [5.41, 5.74) is 2.11. The summed E-state index contributed by atoms with van der Waals surface area (Å²) in [6.07, 6.45) is 5.91. The Hall–Kier alpha value is -1.84. The lowest BCUT2D eigenvalue weighted by molar-refractivity contribution is -0.143. The number of aliphatic carboxylic acids is 1. The summed E-state index contributed by atoms with van der Waals surface area (Å²) in [6.45, 7) is 0. The summed E-state index contributed by atoms with van der Waals surface area (Å²) in [6, 6.07) is 8.08. The first kappa shape index (κ1) is 14.1. The topological polar surface area (TPSA) is 55.1 Å². The molecule has 1 aromatic carbocycles. The summed E-state index contributed by atoms with van der Waals surface area (Å²) in [7, 11) is 2.02. The number of rotatable bonds is 3. The zero-order valence-electron chi connectivity index (χ0n) is 12.5. The van der Waals surface area contributed by atoms with Crippen molar-refractivity contribution in [3.05, 3.63) is 30.1 Å². The number of nitrogens with zero attached hydrogens (tertiary/aromatic N) is 2. The molecule has 0 bridgehead atoms. The predicted molar refractivity (Wildman–Crippen MR) is 82.1 cm³/mol. The van der Waals surface area contributed by atoms with Gasteiger partial charge in [-0.2, -0.15) is 0 Å². The minimum Gasteiger partial charge on any atom is -0.481 e. The highest BCUT2D eigenvalue weighted by Crippen LogP contribution is 2.32. The van der Waals surface area contributed by atoms with Crippen LogP contribution in [0.4, 0.5) is 0 Å². The van der Waals surface area contributed by atoms with Gasteiger partial charge in [-0.3, -0.25) is 4.79 Å². The molecular formula is C17H22N2O2. The molecule has 4 heteroatoms. The lowest BCUT2D eigenvalue weighted by Gasteiger charge is -2.21. The molecule has 1 aromatic heterocycles. The molecule has 2 unspecified atom stereocenters. The Bertz CT molecular complexity index is 647. The molecule has 1 fully saturated rings. The monoisotopic (exact) mass is 286 g/mol. The average molecular weight is 286 g/mol. The van der Waals surface area contributed by atoms with Crippen LogP contribution >= 0.6 is 0 Å². The SMILES string of the molecule is Cn1c(CC2CCCCCC2C(=O)O)nc2ccccc21. The number of aryl methyl sites for hydroxylation is 1. The van der Waals surface area contributed by atoms with Crippen molar-refractivity contribution in [2.24, 2.45) is 18.9 Å². The largest absolute Gasteiger partial charge is 0.481 e. The third-order valence-corrected chi connectivity index (χ3v) is 4.80. The molecule has 21 heavy (non-hydrogen) atoms. The molecule has 0 amide bonds. The quantitative estimate of drug-likeness (QED) is 0.880. The second kappa shape index (κ2) is 5.88. The van der Waals surface area contributed by atoms with Crippen LogP contribution in [0.25, 0.3) is 11.0 Å². The summed E-state index contributed by atoms with van der Waals surface area (Å²) in [5.74, 6) is 0.364. The number of carbonyl (C=O) groups is 1. The number of benzene rings is 1. The van der Waals surface area contributed by atoms with Crippen LogP contribution in [0.5, 0.6) is 0 Å². The fourth-order valence-electron chi connectivity index (χ4n) is 3.57. The number of hydrogen-bond acceptors (Lipinski definition) is 2. The Morgan fingerprint density at radius 1 is 1.29 bits per heavy atom. The van der Waals surface area contributed by atoms with E-state index in [-0.39, 0.29) is 11.8 Å². The number of fused-ring (bicyclic) bond motifs is 1. The zero-order valence-corrected chi connectivity index (χ0v) is 12.5. The molecule has 0 radical (unpaired) electrons. The van der Waals surface area contributed by atoms with E-state index in [0.717, 1.165) is 55.4 Å². The van der Waals surface area contributed by atoms with Gasteiger partial charge in [-0.25, -0.2) is 4.98 Å². The predicted octanol–water partition coefficient (Wildman–Crippen LogP) is 3.40. The van der Waals surface area contributed by atoms with E-state index < -0.39 is 5.97 Å². The lowest BCUT2D eigenvalue weighted by Crippen LogP contribution is -2.25. The first-order valence-electron chi connectivity index (χ1n) is 7.80. The second-order valence-electron chi connectivity index (χ2n) is 6.12. The Kier molecular flexibility index (Phi) is 3.95. The highest BCUT2D eigenvalue weighted by molar-refractivity contribution is 5.75. The molecule has 4 nitrogen and oxygen atoms in total. The van der Waals surface area contributed by atoms with Gasteiger partial charge in [0.05, 0.1) is 17.0 Å². The van der Waals surface area contributed by atoms with Crippen LogP contribution < -0.4 is 0 Å². The van der Waals surface area contributed by atoms with E-state index in [2.05, 4.69) is 10.6 Å². The van der Waals surface area contributed by atoms with Gasteiger partial charge in [-0.05, 0) is 30.9 Å². The number of aromatic nitrogens is 2. The van der Waals surface area contributed by atoms with Gasteiger partial charge >= 0.3 is 5.97 Å². The summed E-state index contributed by atoms with van der Waals surface area (Å²) >= 11 is 0. The van der Waals surface area contributed by atoms with Crippen molar-refractivity contribution < 1.29 is 9.90 Å². The second-order valence-corrected chi connectivity index (χ2v) is 6.12. The van der Waals surface area contributed by atoms with Crippen LogP contribution in [0.1, 0.15) is 37.9 Å². The molecule has 1 N–H and O–H groups in total. The summed E-state index contributed by atoms with van der Waals surface area (Å²) < 4.78 is 2.11. The van der Waals surface area contributed by atoms with Gasteiger partial charge in [0.1, 0.15) is 5.82 Å². The Balaban J connectivity index is 1.88. The lowest BCUT2D eigenvalue weighted by atomic mass is 9.85. The van der Waals surface area contributed by atoms with Gasteiger partial charge in [-0.15, -0.1) is 0 Å². The van der Waals surface area contributed by atoms with Gasteiger partial charge in [-0.1, -0.05) is 31.4 Å². The van der Waals surface area contributed by atoms with E-state index in [1.165, 1.54) is 0 Å². The van der Waals surface area contributed by atoms with Crippen LogP contribution in [0.15, 0.2) is 24.3 Å². The van der Waals surface area contributed by atoms with Crippen LogP contribution in [0, 0.1) is 11.8 Å². The van der Waals surface area contributed by atoms with E-state index >= 15 is 0 Å². The molecule has 2 atom stereocenters.